The highest BCUT2D eigenvalue weighted by molar-refractivity contribution is 9.10. The molecule has 10 heteroatoms. The molecular weight excluding hydrogens is 477 g/mol. The number of amides is 1. The molecule has 1 aliphatic heterocycles. The second-order valence-corrected chi connectivity index (χ2v) is 9.85. The second-order valence-electron chi connectivity index (χ2n) is 6.11. The van der Waals surface area contributed by atoms with E-state index in [0.717, 1.165) is 15.8 Å². The maximum Gasteiger partial charge on any atom is 0.242 e. The first-order valence-electron chi connectivity index (χ1n) is 8.25. The number of carbonyl (C=O) groups excluding carboxylic acids is 1. The van der Waals surface area contributed by atoms with E-state index in [9.17, 15) is 13.4 Å². The molecule has 3 atom stereocenters. The molecule has 0 bridgehead atoms. The lowest BCUT2D eigenvalue weighted by Gasteiger charge is -2.35. The summed E-state index contributed by atoms with van der Waals surface area (Å²) in [7, 11) is 1.63. The zero-order chi connectivity index (χ0) is 19.7. The Kier molecular flexibility index (Phi) is 6.70. The molecule has 1 aliphatic rings. The van der Waals surface area contributed by atoms with Crippen LogP contribution in [-0.4, -0.2) is 27.5 Å². The summed E-state index contributed by atoms with van der Waals surface area (Å²) in [6.07, 6.45) is 1.36. The van der Waals surface area contributed by atoms with Crippen LogP contribution < -0.4 is 10.0 Å². The van der Waals surface area contributed by atoms with Crippen LogP contribution in [0.2, 0.25) is 5.02 Å². The molecule has 0 spiro atoms. The zero-order valence-electron chi connectivity index (χ0n) is 14.6. The largest absolute Gasteiger partial charge is 0.325 e. The molecule has 3 unspecified atom stereocenters. The topological polar surface area (TPSA) is 61.4 Å². The van der Waals surface area contributed by atoms with Crippen LogP contribution in [0.5, 0.6) is 0 Å². The molecule has 5 nitrogen and oxygen atoms in total. The second kappa shape index (κ2) is 8.67. The van der Waals surface area contributed by atoms with E-state index in [2.05, 4.69) is 32.9 Å². The standard InChI is InChI=1S/C17H18BrClFN3O2S2/c1-3-15-10(18)7-16(26-15)13-8-14(23(2)27(25)22-13)17(24)21-9-4-5-12(20)11(19)6-9/h4-7,13-14,22H,3,8H2,1-2H3,(H,21,24). The van der Waals surface area contributed by atoms with Gasteiger partial charge in [-0.05, 0) is 53.0 Å². The zero-order valence-corrected chi connectivity index (χ0v) is 18.6. The molecule has 146 valence electrons. The first-order chi connectivity index (χ1) is 12.8. The van der Waals surface area contributed by atoms with E-state index >= 15 is 0 Å². The molecule has 2 aromatic rings. The van der Waals surface area contributed by atoms with E-state index in [-0.39, 0.29) is 17.0 Å². The molecule has 3 rings (SSSR count). The van der Waals surface area contributed by atoms with Gasteiger partial charge >= 0.3 is 0 Å². The molecule has 1 saturated heterocycles. The summed E-state index contributed by atoms with van der Waals surface area (Å²) in [4.78, 5) is 15.0. The number of rotatable bonds is 4. The van der Waals surface area contributed by atoms with Crippen molar-refractivity contribution in [3.05, 3.63) is 49.3 Å². The number of nitrogens with one attached hydrogen (secondary N) is 2. The monoisotopic (exact) mass is 493 g/mol. The molecule has 0 aliphatic carbocycles. The minimum Gasteiger partial charge on any atom is -0.325 e. The van der Waals surface area contributed by atoms with Crippen LogP contribution in [-0.2, 0) is 22.4 Å². The predicted octanol–water partition coefficient (Wildman–Crippen LogP) is 4.42. The molecule has 1 aromatic heterocycles. The van der Waals surface area contributed by atoms with Crippen molar-refractivity contribution >= 4 is 61.6 Å². The summed E-state index contributed by atoms with van der Waals surface area (Å²) in [6.45, 7) is 2.07. The maximum atomic E-state index is 13.3. The van der Waals surface area contributed by atoms with Crippen LogP contribution in [0.3, 0.4) is 0 Å². The molecule has 1 fully saturated rings. The molecule has 2 N–H and O–H groups in total. The Morgan fingerprint density at radius 2 is 2.26 bits per heavy atom. The van der Waals surface area contributed by atoms with Gasteiger partial charge in [0.1, 0.15) is 11.9 Å². The van der Waals surface area contributed by atoms with Crippen molar-refractivity contribution in [3.8, 4) is 0 Å². The molecule has 0 saturated carbocycles. The van der Waals surface area contributed by atoms with Gasteiger partial charge < -0.3 is 5.32 Å². The van der Waals surface area contributed by atoms with Crippen LogP contribution in [0, 0.1) is 5.82 Å². The lowest BCUT2D eigenvalue weighted by molar-refractivity contribution is -0.120. The van der Waals surface area contributed by atoms with Gasteiger partial charge in [-0.25, -0.2) is 17.6 Å². The highest BCUT2D eigenvalue weighted by Crippen LogP contribution is 2.36. The number of anilines is 1. The number of benzene rings is 1. The van der Waals surface area contributed by atoms with E-state index in [1.54, 1.807) is 18.4 Å². The van der Waals surface area contributed by atoms with E-state index < -0.39 is 23.0 Å². The van der Waals surface area contributed by atoms with Crippen LogP contribution in [0.1, 0.15) is 29.1 Å². The number of hydrogen-bond acceptors (Lipinski definition) is 3. The number of likely N-dealkylation sites (N-methyl/N-ethyl adjacent to an activating group) is 1. The third kappa shape index (κ3) is 4.60. The number of thiophene rings is 1. The SMILES string of the molecule is CCc1sc(C2CC(C(=O)Nc3ccc(F)c(Cl)c3)N(C)S(=O)N2)cc1Br. The Hall–Kier alpha value is -0.840. The van der Waals surface area contributed by atoms with Crippen molar-refractivity contribution in [2.45, 2.75) is 31.8 Å². The van der Waals surface area contributed by atoms with Gasteiger partial charge in [-0.1, -0.05) is 18.5 Å². The van der Waals surface area contributed by atoms with Crippen molar-refractivity contribution in [1.82, 2.24) is 9.03 Å². The first-order valence-corrected chi connectivity index (χ1v) is 11.3. The fourth-order valence-electron chi connectivity index (χ4n) is 2.82. The fourth-order valence-corrected chi connectivity index (χ4v) is 6.11. The molecule has 1 amide bonds. The number of hydrogen-bond donors (Lipinski definition) is 2. The third-order valence-electron chi connectivity index (χ3n) is 4.33. The minimum absolute atomic E-state index is 0.0663. The smallest absolute Gasteiger partial charge is 0.242 e. The van der Waals surface area contributed by atoms with E-state index in [1.807, 2.05) is 6.07 Å². The summed E-state index contributed by atoms with van der Waals surface area (Å²) < 4.78 is 31.3. The Labute approximate surface area is 177 Å². The molecular formula is C17H18BrClFN3O2S2. The van der Waals surface area contributed by atoms with Gasteiger partial charge in [-0.3, -0.25) is 4.79 Å². The van der Waals surface area contributed by atoms with Crippen LogP contribution in [0.15, 0.2) is 28.7 Å². The van der Waals surface area contributed by atoms with Crippen LogP contribution in [0.25, 0.3) is 0 Å². The van der Waals surface area contributed by atoms with Gasteiger partial charge in [-0.2, -0.15) is 0 Å². The minimum atomic E-state index is -1.50. The Morgan fingerprint density at radius 1 is 1.52 bits per heavy atom. The molecule has 0 radical (unpaired) electrons. The van der Waals surface area contributed by atoms with Crippen molar-refractivity contribution < 1.29 is 13.4 Å². The van der Waals surface area contributed by atoms with Gasteiger partial charge in [0.2, 0.25) is 5.91 Å². The van der Waals surface area contributed by atoms with E-state index in [4.69, 9.17) is 11.6 Å². The predicted molar refractivity (Wildman–Crippen MR) is 112 cm³/mol. The van der Waals surface area contributed by atoms with Gasteiger partial charge in [0.15, 0.2) is 11.2 Å². The number of nitrogens with zero attached hydrogens (tertiary/aromatic N) is 1. The highest BCUT2D eigenvalue weighted by atomic mass is 79.9. The lowest BCUT2D eigenvalue weighted by Crippen LogP contribution is -2.52. The average Bonchev–Trinajstić information content (AvgIpc) is 3.01. The number of aryl methyl sites for hydroxylation is 1. The van der Waals surface area contributed by atoms with Crippen molar-refractivity contribution in [1.29, 1.82) is 0 Å². The number of carbonyl (C=O) groups is 1. The fraction of sp³-hybridized carbons (Fsp3) is 0.353. The highest BCUT2D eigenvalue weighted by Gasteiger charge is 2.37. The lowest BCUT2D eigenvalue weighted by atomic mass is 10.1. The summed E-state index contributed by atoms with van der Waals surface area (Å²) in [5.41, 5.74) is 0.396. The summed E-state index contributed by atoms with van der Waals surface area (Å²) in [5.74, 6) is -0.865. The summed E-state index contributed by atoms with van der Waals surface area (Å²) in [5, 5.41) is 2.66. The third-order valence-corrected chi connectivity index (χ3v) is 8.25. The quantitative estimate of drug-likeness (QED) is 0.661. The maximum absolute atomic E-state index is 13.3. The van der Waals surface area contributed by atoms with E-state index in [0.29, 0.717) is 12.1 Å². The van der Waals surface area contributed by atoms with Crippen LogP contribution >= 0.6 is 38.9 Å². The Bertz CT molecular complexity index is 895. The van der Waals surface area contributed by atoms with E-state index in [1.165, 1.54) is 27.4 Å². The van der Waals surface area contributed by atoms with Gasteiger partial charge in [0.25, 0.3) is 0 Å². The Morgan fingerprint density at radius 3 is 2.89 bits per heavy atom. The van der Waals surface area contributed by atoms with Crippen molar-refractivity contribution in [2.75, 3.05) is 12.4 Å². The normalized spacial score (nSPS) is 23.4. The van der Waals surface area contributed by atoms with Gasteiger partial charge in [0, 0.05) is 27.0 Å². The number of halogens is 3. The van der Waals surface area contributed by atoms with Crippen LogP contribution in [0.4, 0.5) is 10.1 Å². The molecule has 27 heavy (non-hydrogen) atoms. The summed E-state index contributed by atoms with van der Waals surface area (Å²) in [6, 6.07) is 5.20. The Balaban J connectivity index is 1.79. The van der Waals surface area contributed by atoms with Gasteiger partial charge in [0.05, 0.1) is 11.1 Å². The molecule has 2 heterocycles. The van der Waals surface area contributed by atoms with Crippen molar-refractivity contribution in [2.24, 2.45) is 0 Å². The summed E-state index contributed by atoms with van der Waals surface area (Å²) >= 11 is 9.45. The van der Waals surface area contributed by atoms with Crippen molar-refractivity contribution in [3.63, 3.8) is 0 Å². The average molecular weight is 495 g/mol. The first kappa shape index (κ1) is 20.9. The molecule has 1 aromatic carbocycles. The van der Waals surface area contributed by atoms with Gasteiger partial charge in [-0.15, -0.1) is 11.3 Å².